The molecule has 0 radical (unpaired) electrons. The molecule has 0 aromatic heterocycles. The third kappa shape index (κ3) is 7.01. The molecular weight excluding hydrogens is 481 g/mol. The van der Waals surface area contributed by atoms with Crippen LogP contribution < -0.4 is 14.8 Å². The van der Waals surface area contributed by atoms with Crippen molar-refractivity contribution in [3.05, 3.63) is 131 Å². The third-order valence-electron chi connectivity index (χ3n) is 6.03. The van der Waals surface area contributed by atoms with E-state index in [9.17, 15) is 4.79 Å². The molecule has 0 spiro atoms. The van der Waals surface area contributed by atoms with Gasteiger partial charge in [0.05, 0.1) is 6.54 Å². The van der Waals surface area contributed by atoms with Crippen molar-refractivity contribution in [2.45, 2.75) is 20.0 Å². The Balaban J connectivity index is 1.65. The van der Waals surface area contributed by atoms with Gasteiger partial charge in [0.2, 0.25) is 0 Å². The van der Waals surface area contributed by atoms with E-state index in [2.05, 4.69) is 24.4 Å². The summed E-state index contributed by atoms with van der Waals surface area (Å²) >= 11 is 0. The molecule has 5 nitrogen and oxygen atoms in total. The summed E-state index contributed by atoms with van der Waals surface area (Å²) in [7, 11) is 0. The molecule has 0 aliphatic rings. The number of amides is 1. The largest absolute Gasteiger partial charge is 0.492 e. The van der Waals surface area contributed by atoms with Crippen LogP contribution in [0.2, 0.25) is 0 Å². The number of hydrogen-bond donors (Lipinski definition) is 2. The molecule has 1 amide bonds. The molecule has 194 valence electrons. The zero-order valence-corrected chi connectivity index (χ0v) is 21.2. The molecule has 0 atom stereocenters. The SMILES string of the molecule is CCC(=C(c1ccc(OCCNC(=O)O)cc1)c1ccc(OCc2ccccc2)c(F)c1)c1ccccc1. The highest BCUT2D eigenvalue weighted by Crippen LogP contribution is 2.36. The standard InChI is InChI=1S/C32H30FNO4/c1-2-28(24-11-7-4-8-12-24)31(25-13-16-27(17-14-25)37-20-19-34-32(35)36)26-15-18-30(29(33)21-26)38-22-23-9-5-3-6-10-23/h3-18,21,34H,2,19-20,22H2,1H3,(H,35,36). The molecule has 2 N–H and O–H groups in total. The lowest BCUT2D eigenvalue weighted by Gasteiger charge is -2.18. The molecule has 6 heteroatoms. The van der Waals surface area contributed by atoms with Crippen LogP contribution in [0.4, 0.5) is 9.18 Å². The first-order valence-electron chi connectivity index (χ1n) is 12.5. The van der Waals surface area contributed by atoms with E-state index in [1.165, 1.54) is 6.07 Å². The number of nitrogens with one attached hydrogen (secondary N) is 1. The van der Waals surface area contributed by atoms with E-state index in [4.69, 9.17) is 14.6 Å². The van der Waals surface area contributed by atoms with Gasteiger partial charge in [0.15, 0.2) is 11.6 Å². The Morgan fingerprint density at radius 1 is 0.816 bits per heavy atom. The van der Waals surface area contributed by atoms with Crippen LogP contribution in [0.5, 0.6) is 11.5 Å². The van der Waals surface area contributed by atoms with Crippen LogP contribution in [0.25, 0.3) is 11.1 Å². The smallest absolute Gasteiger partial charge is 0.404 e. The highest BCUT2D eigenvalue weighted by molar-refractivity contribution is 5.98. The summed E-state index contributed by atoms with van der Waals surface area (Å²) in [6, 6.07) is 32.4. The number of carbonyl (C=O) groups is 1. The van der Waals surface area contributed by atoms with Crippen LogP contribution in [0.15, 0.2) is 103 Å². The van der Waals surface area contributed by atoms with Crippen LogP contribution in [-0.2, 0) is 6.61 Å². The summed E-state index contributed by atoms with van der Waals surface area (Å²) in [6.07, 6.45) is -0.345. The summed E-state index contributed by atoms with van der Waals surface area (Å²) in [5, 5.41) is 11.0. The number of carboxylic acid groups (broad SMARTS) is 1. The van der Waals surface area contributed by atoms with Gasteiger partial charge in [-0.05, 0) is 64.1 Å². The summed E-state index contributed by atoms with van der Waals surface area (Å²) in [5.74, 6) is 0.396. The fraction of sp³-hybridized carbons (Fsp3) is 0.156. The third-order valence-corrected chi connectivity index (χ3v) is 6.03. The highest BCUT2D eigenvalue weighted by Gasteiger charge is 2.16. The second kappa shape index (κ2) is 13.1. The lowest BCUT2D eigenvalue weighted by molar-refractivity contribution is 0.191. The average molecular weight is 512 g/mol. The molecule has 0 aliphatic carbocycles. The van der Waals surface area contributed by atoms with E-state index < -0.39 is 11.9 Å². The average Bonchev–Trinajstić information content (AvgIpc) is 2.95. The van der Waals surface area contributed by atoms with E-state index in [1.807, 2.05) is 78.9 Å². The maximum absolute atomic E-state index is 15.3. The molecule has 4 aromatic carbocycles. The number of rotatable bonds is 11. The maximum Gasteiger partial charge on any atom is 0.404 e. The van der Waals surface area contributed by atoms with Crippen molar-refractivity contribution in [1.82, 2.24) is 5.32 Å². The van der Waals surface area contributed by atoms with E-state index >= 15 is 4.39 Å². The number of halogens is 1. The predicted octanol–water partition coefficient (Wildman–Crippen LogP) is 7.42. The monoisotopic (exact) mass is 511 g/mol. The van der Waals surface area contributed by atoms with Crippen molar-refractivity contribution in [2.24, 2.45) is 0 Å². The van der Waals surface area contributed by atoms with Crippen molar-refractivity contribution in [2.75, 3.05) is 13.2 Å². The first-order valence-corrected chi connectivity index (χ1v) is 12.5. The molecule has 0 fully saturated rings. The van der Waals surface area contributed by atoms with Gasteiger partial charge in [-0.25, -0.2) is 9.18 Å². The molecule has 0 saturated heterocycles. The van der Waals surface area contributed by atoms with E-state index in [0.717, 1.165) is 39.8 Å². The minimum absolute atomic E-state index is 0.189. The van der Waals surface area contributed by atoms with Gasteiger partial charge in [-0.15, -0.1) is 0 Å². The zero-order chi connectivity index (χ0) is 26.7. The fourth-order valence-corrected chi connectivity index (χ4v) is 4.23. The summed E-state index contributed by atoms with van der Waals surface area (Å²) < 4.78 is 26.7. The maximum atomic E-state index is 15.3. The topological polar surface area (TPSA) is 67.8 Å². The first-order chi connectivity index (χ1) is 18.5. The molecule has 38 heavy (non-hydrogen) atoms. The minimum Gasteiger partial charge on any atom is -0.492 e. The number of benzene rings is 4. The molecule has 0 saturated carbocycles. The molecule has 0 heterocycles. The van der Waals surface area contributed by atoms with Crippen molar-refractivity contribution in [1.29, 1.82) is 0 Å². The van der Waals surface area contributed by atoms with Crippen LogP contribution in [0, 0.1) is 5.82 Å². The van der Waals surface area contributed by atoms with Gasteiger partial charge in [0.1, 0.15) is 19.0 Å². The molecule has 0 aliphatic heterocycles. The second-order valence-corrected chi connectivity index (χ2v) is 8.60. The second-order valence-electron chi connectivity index (χ2n) is 8.60. The minimum atomic E-state index is -1.09. The Bertz CT molecular complexity index is 1370. The zero-order valence-electron chi connectivity index (χ0n) is 21.2. The van der Waals surface area contributed by atoms with Crippen LogP contribution in [0.3, 0.4) is 0 Å². The van der Waals surface area contributed by atoms with Gasteiger partial charge in [-0.2, -0.15) is 0 Å². The van der Waals surface area contributed by atoms with Gasteiger partial charge in [-0.3, -0.25) is 0 Å². The van der Waals surface area contributed by atoms with Gasteiger partial charge in [0.25, 0.3) is 0 Å². The highest BCUT2D eigenvalue weighted by atomic mass is 19.1. The summed E-state index contributed by atoms with van der Waals surface area (Å²) in [5.41, 5.74) is 5.70. The fourth-order valence-electron chi connectivity index (χ4n) is 4.23. The van der Waals surface area contributed by atoms with Crippen LogP contribution in [0.1, 0.15) is 35.6 Å². The molecule has 0 bridgehead atoms. The summed E-state index contributed by atoms with van der Waals surface area (Å²) in [4.78, 5) is 10.6. The normalized spacial score (nSPS) is 11.4. The first kappa shape index (κ1) is 26.5. The van der Waals surface area contributed by atoms with E-state index in [1.54, 1.807) is 6.07 Å². The van der Waals surface area contributed by atoms with E-state index in [0.29, 0.717) is 5.75 Å². The van der Waals surface area contributed by atoms with Crippen LogP contribution in [-0.4, -0.2) is 24.4 Å². The van der Waals surface area contributed by atoms with Gasteiger partial charge < -0.3 is 19.9 Å². The van der Waals surface area contributed by atoms with Crippen molar-refractivity contribution < 1.29 is 23.8 Å². The predicted molar refractivity (Wildman–Crippen MR) is 148 cm³/mol. The quantitative estimate of drug-likeness (QED) is 0.162. The van der Waals surface area contributed by atoms with Crippen molar-refractivity contribution >= 4 is 17.2 Å². The lowest BCUT2D eigenvalue weighted by Crippen LogP contribution is -2.26. The van der Waals surface area contributed by atoms with E-state index in [-0.39, 0.29) is 25.5 Å². The van der Waals surface area contributed by atoms with Gasteiger partial charge in [0, 0.05) is 0 Å². The number of allylic oxidation sites excluding steroid dienone is 1. The van der Waals surface area contributed by atoms with Crippen LogP contribution >= 0.6 is 0 Å². The van der Waals surface area contributed by atoms with Gasteiger partial charge >= 0.3 is 6.09 Å². The molecule has 4 aromatic rings. The van der Waals surface area contributed by atoms with Crippen molar-refractivity contribution in [3.8, 4) is 11.5 Å². The Kier molecular flexibility index (Phi) is 9.13. The Labute approximate surface area is 222 Å². The van der Waals surface area contributed by atoms with Gasteiger partial charge in [-0.1, -0.05) is 85.8 Å². The summed E-state index contributed by atoms with van der Waals surface area (Å²) in [6.45, 7) is 2.78. The van der Waals surface area contributed by atoms with Crippen molar-refractivity contribution in [3.63, 3.8) is 0 Å². The lowest BCUT2D eigenvalue weighted by atomic mass is 9.88. The number of ether oxygens (including phenoxy) is 2. The number of hydrogen-bond acceptors (Lipinski definition) is 3. The Hall–Kier alpha value is -4.58. The molecule has 0 unspecified atom stereocenters. The Morgan fingerprint density at radius 2 is 1.47 bits per heavy atom. The Morgan fingerprint density at radius 3 is 2.11 bits per heavy atom. The molecule has 4 rings (SSSR count). The molecular formula is C32H30FNO4.